The van der Waals surface area contributed by atoms with Gasteiger partial charge < -0.3 is 0 Å². The van der Waals surface area contributed by atoms with Crippen LogP contribution in [0.5, 0.6) is 0 Å². The first-order valence-corrected chi connectivity index (χ1v) is 10.5. The van der Waals surface area contributed by atoms with E-state index in [0.717, 1.165) is 10.4 Å². The smallest absolute Gasteiger partial charge is 0.264 e. The van der Waals surface area contributed by atoms with Crippen LogP contribution in [0.25, 0.3) is 0 Å². The molecule has 3 rings (SSSR count). The third-order valence-electron chi connectivity index (χ3n) is 4.24. The van der Waals surface area contributed by atoms with Crippen LogP contribution in [0.1, 0.15) is 11.1 Å². The summed E-state index contributed by atoms with van der Waals surface area (Å²) in [5.41, 5.74) is 0.811. The summed E-state index contributed by atoms with van der Waals surface area (Å²) >= 11 is 12.0. The van der Waals surface area contributed by atoms with Crippen LogP contribution in [0, 0.1) is 17.0 Å². The molecule has 0 fully saturated rings. The molecule has 1 aromatic heterocycles. The predicted molar refractivity (Wildman–Crippen MR) is 112 cm³/mol. The van der Waals surface area contributed by atoms with Crippen molar-refractivity contribution in [3.63, 3.8) is 0 Å². The highest BCUT2D eigenvalue weighted by Crippen LogP contribution is 2.33. The monoisotopic (exact) mass is 451 g/mol. The highest BCUT2D eigenvalue weighted by Gasteiger charge is 2.29. The van der Waals surface area contributed by atoms with Gasteiger partial charge in [-0.25, -0.2) is 8.42 Å². The number of halogens is 2. The molecule has 2 aromatic carbocycles. The van der Waals surface area contributed by atoms with Gasteiger partial charge in [-0.1, -0.05) is 29.3 Å². The third kappa shape index (κ3) is 4.50. The van der Waals surface area contributed by atoms with Gasteiger partial charge in [0.25, 0.3) is 15.7 Å². The van der Waals surface area contributed by atoms with Gasteiger partial charge in [0, 0.05) is 29.0 Å². The molecule has 0 spiro atoms. The van der Waals surface area contributed by atoms with Crippen molar-refractivity contribution in [1.29, 1.82) is 0 Å². The molecule has 0 saturated heterocycles. The van der Waals surface area contributed by atoms with Crippen LogP contribution in [0.4, 0.5) is 11.4 Å². The summed E-state index contributed by atoms with van der Waals surface area (Å²) in [6.45, 7) is 1.43. The van der Waals surface area contributed by atoms with E-state index < -0.39 is 14.9 Å². The van der Waals surface area contributed by atoms with Crippen molar-refractivity contribution in [2.24, 2.45) is 0 Å². The lowest BCUT2D eigenvalue weighted by molar-refractivity contribution is -0.385. The molecular weight excluding hydrogens is 437 g/mol. The Morgan fingerprint density at radius 3 is 2.41 bits per heavy atom. The Morgan fingerprint density at radius 1 is 1.14 bits per heavy atom. The average molecular weight is 452 g/mol. The van der Waals surface area contributed by atoms with E-state index >= 15 is 0 Å². The van der Waals surface area contributed by atoms with E-state index in [1.807, 2.05) is 0 Å². The summed E-state index contributed by atoms with van der Waals surface area (Å²) in [5.74, 6) is 0. The first-order chi connectivity index (χ1) is 13.7. The van der Waals surface area contributed by atoms with Gasteiger partial charge in [-0.3, -0.25) is 19.4 Å². The van der Waals surface area contributed by atoms with E-state index in [9.17, 15) is 18.5 Å². The second-order valence-corrected chi connectivity index (χ2v) is 8.86. The summed E-state index contributed by atoms with van der Waals surface area (Å²) in [5, 5.41) is 11.8. The quantitative estimate of drug-likeness (QED) is 0.388. The molecule has 0 aliphatic rings. The molecular formula is C19H15Cl2N3O4S. The Morgan fingerprint density at radius 2 is 1.83 bits per heavy atom. The van der Waals surface area contributed by atoms with Gasteiger partial charge in [0.1, 0.15) is 0 Å². The van der Waals surface area contributed by atoms with Crippen LogP contribution in [0.2, 0.25) is 10.0 Å². The Labute approximate surface area is 177 Å². The number of nitro benzene ring substituents is 1. The molecule has 0 saturated carbocycles. The highest BCUT2D eigenvalue weighted by molar-refractivity contribution is 7.92. The van der Waals surface area contributed by atoms with Crippen molar-refractivity contribution >= 4 is 44.6 Å². The summed E-state index contributed by atoms with van der Waals surface area (Å²) in [7, 11) is -4.19. The van der Waals surface area contributed by atoms with Crippen molar-refractivity contribution in [3.05, 3.63) is 92.2 Å². The zero-order valence-corrected chi connectivity index (χ0v) is 17.4. The molecule has 29 heavy (non-hydrogen) atoms. The van der Waals surface area contributed by atoms with E-state index in [2.05, 4.69) is 4.98 Å². The number of aromatic nitrogens is 1. The van der Waals surface area contributed by atoms with Gasteiger partial charge in [0.05, 0.1) is 27.1 Å². The molecule has 0 amide bonds. The maximum Gasteiger partial charge on any atom is 0.275 e. The fraction of sp³-hybridized carbons (Fsp3) is 0.105. The Bertz CT molecular complexity index is 1150. The molecule has 3 aromatic rings. The number of nitrogens with zero attached hydrogens (tertiary/aromatic N) is 3. The minimum absolute atomic E-state index is 0.00444. The minimum atomic E-state index is -4.19. The Kier molecular flexibility index (Phi) is 6.07. The van der Waals surface area contributed by atoms with Crippen LogP contribution in [0.3, 0.4) is 0 Å². The number of rotatable bonds is 6. The summed E-state index contributed by atoms with van der Waals surface area (Å²) in [4.78, 5) is 14.4. The summed E-state index contributed by atoms with van der Waals surface area (Å²) in [6, 6.07) is 11.9. The van der Waals surface area contributed by atoms with Crippen LogP contribution >= 0.6 is 23.2 Å². The average Bonchev–Trinajstić information content (AvgIpc) is 2.69. The van der Waals surface area contributed by atoms with E-state index in [1.165, 1.54) is 13.0 Å². The molecule has 0 aliphatic heterocycles. The molecule has 0 atom stereocenters. The second-order valence-electron chi connectivity index (χ2n) is 6.16. The molecule has 10 heteroatoms. The van der Waals surface area contributed by atoms with Crippen molar-refractivity contribution in [2.45, 2.75) is 18.4 Å². The van der Waals surface area contributed by atoms with Crippen molar-refractivity contribution in [1.82, 2.24) is 4.98 Å². The first kappa shape index (κ1) is 21.0. The van der Waals surface area contributed by atoms with Crippen molar-refractivity contribution < 1.29 is 13.3 Å². The summed E-state index contributed by atoms with van der Waals surface area (Å²) in [6.07, 6.45) is 3.12. The number of anilines is 1. The van der Waals surface area contributed by atoms with E-state index in [4.69, 9.17) is 23.2 Å². The lowest BCUT2D eigenvalue weighted by Crippen LogP contribution is -2.30. The van der Waals surface area contributed by atoms with Gasteiger partial charge in [0.15, 0.2) is 0 Å². The maximum absolute atomic E-state index is 13.5. The fourth-order valence-corrected chi connectivity index (χ4v) is 4.59. The second kappa shape index (κ2) is 8.36. The zero-order chi connectivity index (χ0) is 21.2. The lowest BCUT2D eigenvalue weighted by atomic mass is 10.2. The SMILES string of the molecule is Cc1c(Cl)cc(S(=O)(=O)N(Cc2cccnc2)c2ccc(Cl)cc2)cc1[N+](=O)[O-]. The Hall–Kier alpha value is -2.68. The van der Waals surface area contributed by atoms with E-state index in [-0.39, 0.29) is 27.7 Å². The molecule has 0 radical (unpaired) electrons. The molecule has 150 valence electrons. The van der Waals surface area contributed by atoms with Gasteiger partial charge in [-0.15, -0.1) is 0 Å². The fourth-order valence-electron chi connectivity index (χ4n) is 2.69. The van der Waals surface area contributed by atoms with Gasteiger partial charge in [-0.05, 0) is 48.9 Å². The highest BCUT2D eigenvalue weighted by atomic mass is 35.5. The number of nitro groups is 1. The van der Waals surface area contributed by atoms with Gasteiger partial charge in [-0.2, -0.15) is 0 Å². The van der Waals surface area contributed by atoms with Crippen molar-refractivity contribution in [2.75, 3.05) is 4.31 Å². The van der Waals surface area contributed by atoms with Crippen LogP contribution < -0.4 is 4.31 Å². The molecule has 0 N–H and O–H groups in total. The molecule has 1 heterocycles. The Balaban J connectivity index is 2.16. The lowest BCUT2D eigenvalue weighted by Gasteiger charge is -2.25. The van der Waals surface area contributed by atoms with Crippen LogP contribution in [-0.2, 0) is 16.6 Å². The third-order valence-corrected chi connectivity index (χ3v) is 6.63. The van der Waals surface area contributed by atoms with Gasteiger partial charge >= 0.3 is 0 Å². The number of sulfonamides is 1. The molecule has 7 nitrogen and oxygen atoms in total. The largest absolute Gasteiger partial charge is 0.275 e. The molecule has 0 aliphatic carbocycles. The maximum atomic E-state index is 13.5. The van der Waals surface area contributed by atoms with Crippen molar-refractivity contribution in [3.8, 4) is 0 Å². The number of benzene rings is 2. The van der Waals surface area contributed by atoms with Crippen LogP contribution in [-0.4, -0.2) is 18.3 Å². The normalized spacial score (nSPS) is 11.3. The molecule has 0 bridgehead atoms. The first-order valence-electron chi connectivity index (χ1n) is 8.32. The topological polar surface area (TPSA) is 93.4 Å². The van der Waals surface area contributed by atoms with Gasteiger partial charge in [0.2, 0.25) is 0 Å². The number of pyridine rings is 1. The number of hydrogen-bond acceptors (Lipinski definition) is 5. The molecule has 0 unspecified atom stereocenters. The summed E-state index contributed by atoms with van der Waals surface area (Å²) < 4.78 is 28.0. The van der Waals surface area contributed by atoms with E-state index in [1.54, 1.807) is 48.8 Å². The minimum Gasteiger partial charge on any atom is -0.264 e. The van der Waals surface area contributed by atoms with Crippen LogP contribution in [0.15, 0.2) is 65.8 Å². The number of hydrogen-bond donors (Lipinski definition) is 0. The predicted octanol–water partition coefficient (Wildman–Crippen LogP) is 5.00. The van der Waals surface area contributed by atoms with E-state index in [0.29, 0.717) is 16.3 Å². The zero-order valence-electron chi connectivity index (χ0n) is 15.1. The standard InChI is InChI=1S/C19H15Cl2N3O4S/c1-13-18(21)9-17(10-19(13)24(25)26)29(27,28)23(12-14-3-2-8-22-11-14)16-6-4-15(20)5-7-16/h2-11H,12H2,1H3.